The van der Waals surface area contributed by atoms with Crippen LogP contribution in [0.15, 0.2) is 30.6 Å². The lowest BCUT2D eigenvalue weighted by molar-refractivity contribution is 0.565. The Morgan fingerprint density at radius 3 is 2.40 bits per heavy atom. The molecule has 1 aromatic carbocycles. The highest BCUT2D eigenvalue weighted by Gasteiger charge is 2.03. The van der Waals surface area contributed by atoms with Crippen molar-refractivity contribution in [3.8, 4) is 0 Å². The van der Waals surface area contributed by atoms with Gasteiger partial charge in [-0.1, -0.05) is 52.0 Å². The maximum absolute atomic E-state index is 4.48. The molecule has 0 aliphatic heterocycles. The number of nitrogens with one attached hydrogen (secondary N) is 1. The molecule has 108 valence electrons. The zero-order chi connectivity index (χ0) is 14.5. The minimum Gasteiger partial charge on any atom is -0.308 e. The molecule has 4 heteroatoms. The molecular weight excluding hydrogens is 248 g/mol. The number of hydrogen-bond donors (Lipinski definition) is 1. The molecule has 0 radical (unpaired) electrons. The summed E-state index contributed by atoms with van der Waals surface area (Å²) in [5.74, 6) is 1.42. The molecule has 1 N–H and O–H groups in total. The van der Waals surface area contributed by atoms with E-state index >= 15 is 0 Å². The van der Waals surface area contributed by atoms with Gasteiger partial charge in [0, 0.05) is 6.04 Å². The highest BCUT2D eigenvalue weighted by atomic mass is 15.3. The van der Waals surface area contributed by atoms with E-state index in [2.05, 4.69) is 67.4 Å². The molecular formula is C16H24N4. The van der Waals surface area contributed by atoms with Crippen molar-refractivity contribution < 1.29 is 0 Å². The molecule has 0 aliphatic carbocycles. The van der Waals surface area contributed by atoms with E-state index in [0.717, 1.165) is 18.9 Å². The fourth-order valence-electron chi connectivity index (χ4n) is 1.98. The van der Waals surface area contributed by atoms with E-state index in [9.17, 15) is 0 Å². The van der Waals surface area contributed by atoms with Gasteiger partial charge in [-0.3, -0.25) is 0 Å². The lowest BCUT2D eigenvalue weighted by Gasteiger charge is -2.07. The van der Waals surface area contributed by atoms with E-state index in [1.807, 2.05) is 4.68 Å². The van der Waals surface area contributed by atoms with Crippen LogP contribution in [0.1, 0.15) is 50.6 Å². The van der Waals surface area contributed by atoms with Gasteiger partial charge >= 0.3 is 0 Å². The van der Waals surface area contributed by atoms with E-state index in [-0.39, 0.29) is 0 Å². The summed E-state index contributed by atoms with van der Waals surface area (Å²) in [4.78, 5) is 4.32. The average molecular weight is 272 g/mol. The standard InChI is InChI=1S/C16H24N4/c1-12(2)15-7-5-14(6-8-15)10-20-11-18-16(19-20)9-17-13(3)4/h5-8,11-13,17H,9-10H2,1-4H3. The van der Waals surface area contributed by atoms with Gasteiger partial charge in [0.1, 0.15) is 6.33 Å². The number of nitrogens with zero attached hydrogens (tertiary/aromatic N) is 3. The fourth-order valence-corrected chi connectivity index (χ4v) is 1.98. The molecule has 0 atom stereocenters. The highest BCUT2D eigenvalue weighted by Crippen LogP contribution is 2.15. The van der Waals surface area contributed by atoms with Crippen LogP contribution in [-0.2, 0) is 13.1 Å². The van der Waals surface area contributed by atoms with Gasteiger partial charge in [-0.2, -0.15) is 5.10 Å². The summed E-state index contributed by atoms with van der Waals surface area (Å²) in [6.45, 7) is 10.1. The quantitative estimate of drug-likeness (QED) is 0.879. The number of aromatic nitrogens is 3. The zero-order valence-electron chi connectivity index (χ0n) is 12.8. The topological polar surface area (TPSA) is 42.7 Å². The van der Waals surface area contributed by atoms with Crippen LogP contribution in [0, 0.1) is 0 Å². The van der Waals surface area contributed by atoms with Crippen molar-refractivity contribution in [3.05, 3.63) is 47.5 Å². The normalized spacial score (nSPS) is 11.5. The number of rotatable bonds is 6. The number of hydrogen-bond acceptors (Lipinski definition) is 3. The summed E-state index contributed by atoms with van der Waals surface area (Å²) >= 11 is 0. The van der Waals surface area contributed by atoms with Gasteiger partial charge in [0.05, 0.1) is 13.1 Å². The van der Waals surface area contributed by atoms with Crippen LogP contribution in [-0.4, -0.2) is 20.8 Å². The highest BCUT2D eigenvalue weighted by molar-refractivity contribution is 5.24. The van der Waals surface area contributed by atoms with E-state index in [0.29, 0.717) is 12.0 Å². The van der Waals surface area contributed by atoms with E-state index in [4.69, 9.17) is 0 Å². The molecule has 4 nitrogen and oxygen atoms in total. The Kier molecular flexibility index (Phi) is 4.90. The average Bonchev–Trinajstić information content (AvgIpc) is 2.84. The largest absolute Gasteiger partial charge is 0.308 e. The Morgan fingerprint density at radius 2 is 1.80 bits per heavy atom. The molecule has 0 saturated carbocycles. The first-order valence-electron chi connectivity index (χ1n) is 7.25. The van der Waals surface area contributed by atoms with Crippen molar-refractivity contribution in [2.45, 2.75) is 52.7 Å². The van der Waals surface area contributed by atoms with Crippen molar-refractivity contribution in [2.24, 2.45) is 0 Å². The summed E-state index contributed by atoms with van der Waals surface area (Å²) in [5.41, 5.74) is 2.62. The molecule has 2 aromatic rings. The third kappa shape index (κ3) is 4.17. The van der Waals surface area contributed by atoms with Crippen LogP contribution in [0.3, 0.4) is 0 Å². The van der Waals surface area contributed by atoms with Gasteiger partial charge in [0.15, 0.2) is 5.82 Å². The summed E-state index contributed by atoms with van der Waals surface area (Å²) < 4.78 is 1.89. The Morgan fingerprint density at radius 1 is 1.10 bits per heavy atom. The van der Waals surface area contributed by atoms with Crippen LogP contribution in [0.5, 0.6) is 0 Å². The van der Waals surface area contributed by atoms with Gasteiger partial charge in [0.2, 0.25) is 0 Å². The van der Waals surface area contributed by atoms with Crippen molar-refractivity contribution in [1.82, 2.24) is 20.1 Å². The Hall–Kier alpha value is -1.68. The SMILES string of the molecule is CC(C)NCc1ncn(Cc2ccc(C(C)C)cc2)n1. The van der Waals surface area contributed by atoms with Crippen LogP contribution >= 0.6 is 0 Å². The predicted octanol–water partition coefficient (Wildman–Crippen LogP) is 2.95. The lowest BCUT2D eigenvalue weighted by Crippen LogP contribution is -2.22. The van der Waals surface area contributed by atoms with Crippen molar-refractivity contribution in [3.63, 3.8) is 0 Å². The van der Waals surface area contributed by atoms with Crippen LogP contribution in [0.4, 0.5) is 0 Å². The van der Waals surface area contributed by atoms with Gasteiger partial charge in [-0.05, 0) is 17.0 Å². The second kappa shape index (κ2) is 6.66. The molecule has 1 heterocycles. The summed E-state index contributed by atoms with van der Waals surface area (Å²) in [6.07, 6.45) is 1.80. The Labute approximate surface area is 121 Å². The van der Waals surface area contributed by atoms with Crippen molar-refractivity contribution >= 4 is 0 Å². The second-order valence-corrected chi connectivity index (χ2v) is 5.79. The lowest BCUT2D eigenvalue weighted by atomic mass is 10.0. The first-order valence-corrected chi connectivity index (χ1v) is 7.25. The molecule has 0 aliphatic rings. The summed E-state index contributed by atoms with van der Waals surface area (Å²) in [7, 11) is 0. The molecule has 0 bridgehead atoms. The Balaban J connectivity index is 1.96. The van der Waals surface area contributed by atoms with Crippen molar-refractivity contribution in [2.75, 3.05) is 0 Å². The second-order valence-electron chi connectivity index (χ2n) is 5.79. The van der Waals surface area contributed by atoms with E-state index < -0.39 is 0 Å². The molecule has 0 spiro atoms. The van der Waals surface area contributed by atoms with Crippen LogP contribution in [0.2, 0.25) is 0 Å². The molecule has 20 heavy (non-hydrogen) atoms. The maximum atomic E-state index is 4.48. The van der Waals surface area contributed by atoms with Gasteiger partial charge < -0.3 is 5.32 Å². The third-order valence-electron chi connectivity index (χ3n) is 3.24. The molecule has 0 saturated heterocycles. The van der Waals surface area contributed by atoms with Gasteiger partial charge in [-0.25, -0.2) is 9.67 Å². The van der Waals surface area contributed by atoms with Crippen LogP contribution in [0.25, 0.3) is 0 Å². The monoisotopic (exact) mass is 272 g/mol. The fraction of sp³-hybridized carbons (Fsp3) is 0.500. The smallest absolute Gasteiger partial charge is 0.164 e. The molecule has 0 unspecified atom stereocenters. The zero-order valence-corrected chi connectivity index (χ0v) is 12.8. The van der Waals surface area contributed by atoms with Crippen molar-refractivity contribution in [1.29, 1.82) is 0 Å². The molecule has 0 fully saturated rings. The van der Waals surface area contributed by atoms with Gasteiger partial charge in [-0.15, -0.1) is 0 Å². The summed E-state index contributed by atoms with van der Waals surface area (Å²) in [5, 5.41) is 7.80. The molecule has 1 aromatic heterocycles. The van der Waals surface area contributed by atoms with E-state index in [1.165, 1.54) is 11.1 Å². The van der Waals surface area contributed by atoms with Gasteiger partial charge in [0.25, 0.3) is 0 Å². The first kappa shape index (κ1) is 14.7. The maximum Gasteiger partial charge on any atom is 0.164 e. The summed E-state index contributed by atoms with van der Waals surface area (Å²) in [6, 6.07) is 9.17. The minimum atomic E-state index is 0.450. The predicted molar refractivity (Wildman–Crippen MR) is 81.6 cm³/mol. The first-order chi connectivity index (χ1) is 9.54. The van der Waals surface area contributed by atoms with E-state index in [1.54, 1.807) is 6.33 Å². The third-order valence-corrected chi connectivity index (χ3v) is 3.24. The molecule has 0 amide bonds. The number of benzene rings is 1. The Bertz CT molecular complexity index is 526. The van der Waals surface area contributed by atoms with Crippen LogP contribution < -0.4 is 5.32 Å². The molecule has 2 rings (SSSR count). The minimum absolute atomic E-state index is 0.450.